The third-order valence-electron chi connectivity index (χ3n) is 2.42. The zero-order chi connectivity index (χ0) is 9.26. The summed E-state index contributed by atoms with van der Waals surface area (Å²) in [6.45, 7) is 6.66. The van der Waals surface area contributed by atoms with Crippen LogP contribution in [0, 0.1) is 6.92 Å². The lowest BCUT2D eigenvalue weighted by atomic mass is 10.3. The first-order chi connectivity index (χ1) is 6.25. The van der Waals surface area contributed by atoms with E-state index in [-0.39, 0.29) is 0 Å². The van der Waals surface area contributed by atoms with Crippen LogP contribution in [-0.2, 0) is 0 Å². The van der Waals surface area contributed by atoms with E-state index < -0.39 is 0 Å². The molecule has 0 aromatic carbocycles. The summed E-state index contributed by atoms with van der Waals surface area (Å²) in [5, 5.41) is 2.49. The molecule has 1 aliphatic rings. The van der Waals surface area contributed by atoms with Crippen molar-refractivity contribution in [2.75, 3.05) is 38.1 Å². The molecule has 3 nitrogen and oxygen atoms in total. The first-order valence-electron chi connectivity index (χ1n) is 4.61. The molecule has 0 bridgehead atoms. The van der Waals surface area contributed by atoms with E-state index in [0.29, 0.717) is 0 Å². The van der Waals surface area contributed by atoms with Gasteiger partial charge in [0.25, 0.3) is 0 Å². The smallest absolute Gasteiger partial charge is 0.111 e. The quantitative estimate of drug-likeness (QED) is 0.674. The van der Waals surface area contributed by atoms with Crippen molar-refractivity contribution in [3.8, 4) is 0 Å². The fourth-order valence-corrected chi connectivity index (χ4v) is 2.35. The van der Waals surface area contributed by atoms with Crippen molar-refractivity contribution in [1.29, 1.82) is 0 Å². The number of rotatable bonds is 1. The maximum atomic E-state index is 4.27. The van der Waals surface area contributed by atoms with Crippen molar-refractivity contribution in [2.45, 2.75) is 6.92 Å². The van der Waals surface area contributed by atoms with Crippen LogP contribution in [0.4, 0.5) is 5.00 Å². The number of aromatic nitrogens is 1. The topological polar surface area (TPSA) is 19.4 Å². The Morgan fingerprint density at radius 3 is 2.54 bits per heavy atom. The van der Waals surface area contributed by atoms with Gasteiger partial charge in [-0.3, -0.25) is 0 Å². The Hall–Kier alpha value is -0.610. The van der Waals surface area contributed by atoms with Crippen LogP contribution in [0.1, 0.15) is 5.01 Å². The summed E-state index contributed by atoms with van der Waals surface area (Å²) in [4.78, 5) is 9.06. The minimum absolute atomic E-state index is 1.14. The second-order valence-corrected chi connectivity index (χ2v) is 4.72. The monoisotopic (exact) mass is 197 g/mol. The molecule has 0 unspecified atom stereocenters. The Morgan fingerprint density at radius 1 is 1.31 bits per heavy atom. The van der Waals surface area contributed by atoms with Gasteiger partial charge >= 0.3 is 0 Å². The molecule has 0 spiro atoms. The van der Waals surface area contributed by atoms with Crippen LogP contribution < -0.4 is 4.90 Å². The first kappa shape index (κ1) is 8.97. The highest BCUT2D eigenvalue weighted by Crippen LogP contribution is 2.23. The molecule has 0 amide bonds. The predicted molar refractivity (Wildman–Crippen MR) is 56.6 cm³/mol. The van der Waals surface area contributed by atoms with E-state index in [9.17, 15) is 0 Å². The number of thiazole rings is 1. The van der Waals surface area contributed by atoms with Crippen molar-refractivity contribution in [3.05, 3.63) is 11.2 Å². The summed E-state index contributed by atoms with van der Waals surface area (Å²) in [5.41, 5.74) is 0. The second-order valence-electron chi connectivity index (χ2n) is 3.51. The molecule has 1 aliphatic heterocycles. The summed E-state index contributed by atoms with van der Waals surface area (Å²) in [7, 11) is 2.18. The van der Waals surface area contributed by atoms with Gasteiger partial charge in [0.15, 0.2) is 0 Å². The number of piperazine rings is 1. The summed E-state index contributed by atoms with van der Waals surface area (Å²) in [5.74, 6) is 0. The van der Waals surface area contributed by atoms with Crippen LogP contribution in [0.25, 0.3) is 0 Å². The molecule has 72 valence electrons. The molecule has 2 rings (SSSR count). The summed E-state index contributed by atoms with van der Waals surface area (Å²) < 4.78 is 0. The SMILES string of the molecule is Cc1ncc(N2CCN(C)CC2)s1. The van der Waals surface area contributed by atoms with E-state index in [0.717, 1.165) is 31.2 Å². The number of likely N-dealkylation sites (N-methyl/N-ethyl adjacent to an activating group) is 1. The van der Waals surface area contributed by atoms with Gasteiger partial charge in [0, 0.05) is 26.2 Å². The molecule has 0 radical (unpaired) electrons. The molecule has 13 heavy (non-hydrogen) atoms. The fraction of sp³-hybridized carbons (Fsp3) is 0.667. The van der Waals surface area contributed by atoms with E-state index in [1.54, 1.807) is 11.3 Å². The van der Waals surface area contributed by atoms with Crippen LogP contribution in [0.3, 0.4) is 0 Å². The number of anilines is 1. The molecule has 0 saturated carbocycles. The summed E-state index contributed by atoms with van der Waals surface area (Å²) in [6, 6.07) is 0. The van der Waals surface area contributed by atoms with Crippen molar-refractivity contribution < 1.29 is 0 Å². The normalized spacial score (nSPS) is 19.4. The molecular formula is C9H15N3S. The largest absolute Gasteiger partial charge is 0.360 e. The lowest BCUT2D eigenvalue weighted by molar-refractivity contribution is 0.313. The van der Waals surface area contributed by atoms with Gasteiger partial charge in [0.2, 0.25) is 0 Å². The zero-order valence-electron chi connectivity index (χ0n) is 8.16. The molecule has 0 aliphatic carbocycles. The Labute approximate surface area is 83.0 Å². The summed E-state index contributed by atoms with van der Waals surface area (Å²) in [6.07, 6.45) is 1.99. The van der Waals surface area contributed by atoms with Gasteiger partial charge < -0.3 is 9.80 Å². The average molecular weight is 197 g/mol. The van der Waals surface area contributed by atoms with E-state index in [1.807, 2.05) is 6.20 Å². The molecule has 4 heteroatoms. The molecular weight excluding hydrogens is 182 g/mol. The van der Waals surface area contributed by atoms with Crippen LogP contribution in [0.2, 0.25) is 0 Å². The van der Waals surface area contributed by atoms with Crippen LogP contribution in [0.15, 0.2) is 6.20 Å². The molecule has 1 saturated heterocycles. The number of nitrogens with zero attached hydrogens (tertiary/aromatic N) is 3. The Morgan fingerprint density at radius 2 is 2.00 bits per heavy atom. The Bertz CT molecular complexity index is 276. The first-order valence-corrected chi connectivity index (χ1v) is 5.43. The van der Waals surface area contributed by atoms with E-state index >= 15 is 0 Å². The van der Waals surface area contributed by atoms with E-state index in [4.69, 9.17) is 0 Å². The Balaban J connectivity index is 2.02. The number of aryl methyl sites for hydroxylation is 1. The fourth-order valence-electron chi connectivity index (χ4n) is 1.52. The van der Waals surface area contributed by atoms with Crippen molar-refractivity contribution in [3.63, 3.8) is 0 Å². The molecule has 1 aromatic rings. The van der Waals surface area contributed by atoms with Crippen molar-refractivity contribution >= 4 is 16.3 Å². The van der Waals surface area contributed by atoms with Gasteiger partial charge in [-0.05, 0) is 14.0 Å². The van der Waals surface area contributed by atoms with Gasteiger partial charge in [-0.25, -0.2) is 4.98 Å². The highest BCUT2D eigenvalue weighted by Gasteiger charge is 2.15. The van der Waals surface area contributed by atoms with Gasteiger partial charge in [0.05, 0.1) is 11.2 Å². The lowest BCUT2D eigenvalue weighted by Crippen LogP contribution is -2.44. The minimum Gasteiger partial charge on any atom is -0.360 e. The minimum atomic E-state index is 1.14. The average Bonchev–Trinajstić information content (AvgIpc) is 2.53. The lowest BCUT2D eigenvalue weighted by Gasteiger charge is -2.32. The van der Waals surface area contributed by atoms with Crippen molar-refractivity contribution in [2.24, 2.45) is 0 Å². The third kappa shape index (κ3) is 2.00. The second kappa shape index (κ2) is 3.64. The van der Waals surface area contributed by atoms with Crippen molar-refractivity contribution in [1.82, 2.24) is 9.88 Å². The molecule has 0 N–H and O–H groups in total. The van der Waals surface area contributed by atoms with E-state index in [1.165, 1.54) is 5.00 Å². The molecule has 0 atom stereocenters. The standard InChI is InChI=1S/C9H15N3S/c1-8-10-7-9(13-8)12-5-3-11(2)4-6-12/h7H,3-6H2,1-2H3. The van der Waals surface area contributed by atoms with Gasteiger partial charge in [-0.1, -0.05) is 0 Å². The van der Waals surface area contributed by atoms with Crippen LogP contribution in [-0.4, -0.2) is 43.1 Å². The van der Waals surface area contributed by atoms with Crippen LogP contribution >= 0.6 is 11.3 Å². The predicted octanol–water partition coefficient (Wildman–Crippen LogP) is 1.20. The van der Waals surface area contributed by atoms with Gasteiger partial charge in [0.1, 0.15) is 5.00 Å². The highest BCUT2D eigenvalue weighted by atomic mass is 32.1. The molecule has 2 heterocycles. The number of hydrogen-bond acceptors (Lipinski definition) is 4. The maximum Gasteiger partial charge on any atom is 0.111 e. The molecule has 1 aromatic heterocycles. The Kier molecular flexibility index (Phi) is 2.51. The van der Waals surface area contributed by atoms with Gasteiger partial charge in [-0.2, -0.15) is 0 Å². The highest BCUT2D eigenvalue weighted by molar-refractivity contribution is 7.15. The third-order valence-corrected chi connectivity index (χ3v) is 3.40. The summed E-state index contributed by atoms with van der Waals surface area (Å²) >= 11 is 1.79. The molecule has 1 fully saturated rings. The van der Waals surface area contributed by atoms with Crippen LogP contribution in [0.5, 0.6) is 0 Å². The number of hydrogen-bond donors (Lipinski definition) is 0. The maximum absolute atomic E-state index is 4.27. The zero-order valence-corrected chi connectivity index (χ0v) is 8.97. The van der Waals surface area contributed by atoms with Gasteiger partial charge in [-0.15, -0.1) is 11.3 Å². The van der Waals surface area contributed by atoms with E-state index in [2.05, 4.69) is 28.8 Å².